The van der Waals surface area contributed by atoms with E-state index in [9.17, 15) is 0 Å². The number of aromatic nitrogens is 2. The van der Waals surface area contributed by atoms with Gasteiger partial charge in [-0.3, -0.25) is 0 Å². The Bertz CT molecular complexity index is 549. The number of rotatable bonds is 5. The Labute approximate surface area is 112 Å². The first-order chi connectivity index (χ1) is 9.01. The van der Waals surface area contributed by atoms with Crippen molar-refractivity contribution in [1.82, 2.24) is 10.1 Å². The predicted molar refractivity (Wildman–Crippen MR) is 72.6 cm³/mol. The Balaban J connectivity index is 2.01. The van der Waals surface area contributed by atoms with Gasteiger partial charge < -0.3 is 15.0 Å². The fraction of sp³-hybridized carbons (Fsp3) is 0.429. The van der Waals surface area contributed by atoms with Gasteiger partial charge >= 0.3 is 0 Å². The van der Waals surface area contributed by atoms with Crippen LogP contribution in [0.3, 0.4) is 0 Å². The maximum absolute atomic E-state index is 5.74. The molecule has 0 aliphatic rings. The summed E-state index contributed by atoms with van der Waals surface area (Å²) in [7, 11) is 1.63. The van der Waals surface area contributed by atoms with E-state index >= 15 is 0 Å². The molecule has 2 rings (SSSR count). The topological polar surface area (TPSA) is 74.2 Å². The largest absolute Gasteiger partial charge is 0.399 e. The highest BCUT2D eigenvalue weighted by Crippen LogP contribution is 2.20. The standard InChI is InChI=1S/C14H19N3O2/c1-14(2,18-3)13-16-12(19-17-13)8-7-10-5-4-6-11(15)9-10/h4-6,9H,7-8,15H2,1-3H3. The van der Waals surface area contributed by atoms with Crippen molar-refractivity contribution in [3.8, 4) is 0 Å². The van der Waals surface area contributed by atoms with Crippen LogP contribution in [0.25, 0.3) is 0 Å². The van der Waals surface area contributed by atoms with Crippen LogP contribution in [0.5, 0.6) is 0 Å². The molecule has 0 radical (unpaired) electrons. The van der Waals surface area contributed by atoms with Crippen molar-refractivity contribution < 1.29 is 9.26 Å². The van der Waals surface area contributed by atoms with E-state index in [2.05, 4.69) is 10.1 Å². The highest BCUT2D eigenvalue weighted by molar-refractivity contribution is 5.40. The Kier molecular flexibility index (Phi) is 3.85. The summed E-state index contributed by atoms with van der Waals surface area (Å²) in [6.45, 7) is 3.80. The Hall–Kier alpha value is -1.88. The molecule has 0 bridgehead atoms. The molecule has 0 amide bonds. The molecule has 0 saturated heterocycles. The first-order valence-corrected chi connectivity index (χ1v) is 6.24. The summed E-state index contributed by atoms with van der Waals surface area (Å²) in [5.41, 5.74) is 7.14. The highest BCUT2D eigenvalue weighted by Gasteiger charge is 2.25. The molecule has 0 spiro atoms. The molecule has 5 heteroatoms. The van der Waals surface area contributed by atoms with E-state index in [-0.39, 0.29) is 0 Å². The Morgan fingerprint density at radius 3 is 2.79 bits per heavy atom. The number of methoxy groups -OCH3 is 1. The molecule has 1 aromatic carbocycles. The van der Waals surface area contributed by atoms with Gasteiger partial charge in [0.1, 0.15) is 5.60 Å². The van der Waals surface area contributed by atoms with Crippen molar-refractivity contribution in [2.75, 3.05) is 12.8 Å². The average Bonchev–Trinajstić information content (AvgIpc) is 2.86. The van der Waals surface area contributed by atoms with Crippen LogP contribution in [0, 0.1) is 0 Å². The zero-order valence-corrected chi connectivity index (χ0v) is 11.5. The normalized spacial score (nSPS) is 11.7. The number of hydrogen-bond donors (Lipinski definition) is 1. The molecule has 5 nitrogen and oxygen atoms in total. The van der Waals surface area contributed by atoms with E-state index in [0.717, 1.165) is 17.7 Å². The summed E-state index contributed by atoms with van der Waals surface area (Å²) in [6.07, 6.45) is 1.51. The molecule has 2 N–H and O–H groups in total. The zero-order valence-electron chi connectivity index (χ0n) is 11.5. The third-order valence-corrected chi connectivity index (χ3v) is 3.10. The number of nitrogens with two attached hydrogens (primary N) is 1. The molecule has 102 valence electrons. The number of nitrogen functional groups attached to an aromatic ring is 1. The van der Waals surface area contributed by atoms with Gasteiger partial charge in [0.2, 0.25) is 11.7 Å². The summed E-state index contributed by atoms with van der Waals surface area (Å²) in [4.78, 5) is 4.36. The van der Waals surface area contributed by atoms with Gasteiger partial charge in [-0.05, 0) is 38.0 Å². The zero-order chi connectivity index (χ0) is 13.9. The van der Waals surface area contributed by atoms with E-state index in [1.807, 2.05) is 38.1 Å². The van der Waals surface area contributed by atoms with E-state index in [1.165, 1.54) is 0 Å². The molecule has 1 aromatic heterocycles. The average molecular weight is 261 g/mol. The van der Waals surface area contributed by atoms with E-state index in [1.54, 1.807) is 7.11 Å². The monoisotopic (exact) mass is 261 g/mol. The second-order valence-corrected chi connectivity index (χ2v) is 4.97. The van der Waals surface area contributed by atoms with Crippen LogP contribution < -0.4 is 5.73 Å². The summed E-state index contributed by atoms with van der Waals surface area (Å²) in [5.74, 6) is 1.18. The van der Waals surface area contributed by atoms with Gasteiger partial charge in [0.15, 0.2) is 0 Å². The quantitative estimate of drug-likeness (QED) is 0.836. The first-order valence-electron chi connectivity index (χ1n) is 6.24. The first kappa shape index (κ1) is 13.5. The van der Waals surface area contributed by atoms with Gasteiger partial charge in [0.05, 0.1) is 0 Å². The van der Waals surface area contributed by atoms with Crippen LogP contribution in [0.2, 0.25) is 0 Å². The van der Waals surface area contributed by atoms with Gasteiger partial charge in [0.25, 0.3) is 0 Å². The third kappa shape index (κ3) is 3.32. The van der Waals surface area contributed by atoms with Crippen molar-refractivity contribution in [2.45, 2.75) is 32.3 Å². The molecular weight excluding hydrogens is 242 g/mol. The molecular formula is C14H19N3O2. The Morgan fingerprint density at radius 1 is 1.32 bits per heavy atom. The number of benzene rings is 1. The second-order valence-electron chi connectivity index (χ2n) is 4.97. The van der Waals surface area contributed by atoms with E-state index in [4.69, 9.17) is 15.0 Å². The third-order valence-electron chi connectivity index (χ3n) is 3.10. The van der Waals surface area contributed by atoms with Crippen LogP contribution in [0.4, 0.5) is 5.69 Å². The van der Waals surface area contributed by atoms with Crippen LogP contribution in [-0.4, -0.2) is 17.3 Å². The van der Waals surface area contributed by atoms with Crippen LogP contribution in [0.15, 0.2) is 28.8 Å². The minimum Gasteiger partial charge on any atom is -0.399 e. The maximum Gasteiger partial charge on any atom is 0.227 e. The summed E-state index contributed by atoms with van der Waals surface area (Å²) in [6, 6.07) is 7.80. The van der Waals surface area contributed by atoms with Crippen LogP contribution >= 0.6 is 0 Å². The fourth-order valence-electron chi connectivity index (χ4n) is 1.69. The molecule has 0 aliphatic heterocycles. The van der Waals surface area contributed by atoms with Crippen molar-refractivity contribution in [2.24, 2.45) is 0 Å². The minimum atomic E-state index is -0.529. The molecule has 0 unspecified atom stereocenters. The maximum atomic E-state index is 5.74. The molecule has 0 atom stereocenters. The van der Waals surface area contributed by atoms with Crippen molar-refractivity contribution in [3.63, 3.8) is 0 Å². The van der Waals surface area contributed by atoms with Gasteiger partial charge in [-0.1, -0.05) is 17.3 Å². The lowest BCUT2D eigenvalue weighted by Gasteiger charge is -2.17. The number of nitrogens with zero attached hydrogens (tertiary/aromatic N) is 2. The van der Waals surface area contributed by atoms with E-state index < -0.39 is 5.60 Å². The van der Waals surface area contributed by atoms with Gasteiger partial charge in [-0.25, -0.2) is 0 Å². The highest BCUT2D eigenvalue weighted by atomic mass is 16.5. The summed E-state index contributed by atoms with van der Waals surface area (Å²) in [5, 5.41) is 3.95. The number of anilines is 1. The summed E-state index contributed by atoms with van der Waals surface area (Å²) < 4.78 is 10.5. The van der Waals surface area contributed by atoms with Gasteiger partial charge in [-0.15, -0.1) is 0 Å². The Morgan fingerprint density at radius 2 is 2.11 bits per heavy atom. The van der Waals surface area contributed by atoms with Gasteiger partial charge in [0, 0.05) is 19.2 Å². The van der Waals surface area contributed by atoms with Crippen molar-refractivity contribution in [1.29, 1.82) is 0 Å². The number of ether oxygens (including phenoxy) is 1. The lowest BCUT2D eigenvalue weighted by atomic mass is 10.1. The molecule has 0 fully saturated rings. The van der Waals surface area contributed by atoms with Crippen molar-refractivity contribution >= 4 is 5.69 Å². The fourth-order valence-corrected chi connectivity index (χ4v) is 1.69. The SMILES string of the molecule is COC(C)(C)c1noc(CCc2cccc(N)c2)n1. The number of hydrogen-bond acceptors (Lipinski definition) is 5. The summed E-state index contributed by atoms with van der Waals surface area (Å²) >= 11 is 0. The van der Waals surface area contributed by atoms with Crippen LogP contribution in [-0.2, 0) is 23.2 Å². The van der Waals surface area contributed by atoms with Crippen LogP contribution in [0.1, 0.15) is 31.1 Å². The lowest BCUT2D eigenvalue weighted by Crippen LogP contribution is -2.21. The lowest BCUT2D eigenvalue weighted by molar-refractivity contribution is 0.00973. The molecule has 0 saturated carbocycles. The molecule has 19 heavy (non-hydrogen) atoms. The van der Waals surface area contributed by atoms with E-state index in [0.29, 0.717) is 18.1 Å². The number of aryl methyl sites for hydroxylation is 2. The predicted octanol–water partition coefficient (Wildman–Crippen LogP) is 2.32. The second kappa shape index (κ2) is 5.40. The van der Waals surface area contributed by atoms with Gasteiger partial charge in [-0.2, -0.15) is 4.98 Å². The minimum absolute atomic E-state index is 0.529. The molecule has 2 aromatic rings. The van der Waals surface area contributed by atoms with Crippen molar-refractivity contribution in [3.05, 3.63) is 41.5 Å². The smallest absolute Gasteiger partial charge is 0.227 e. The molecule has 1 heterocycles. The molecule has 0 aliphatic carbocycles.